The quantitative estimate of drug-likeness (QED) is 0.489. The van der Waals surface area contributed by atoms with Crippen LogP contribution >= 0.6 is 0 Å². The van der Waals surface area contributed by atoms with E-state index >= 15 is 0 Å². The average Bonchev–Trinajstić information content (AvgIpc) is 3.42. The Labute approximate surface area is 204 Å². The Morgan fingerprint density at radius 1 is 1.11 bits per heavy atom. The van der Waals surface area contributed by atoms with Gasteiger partial charge in [0, 0.05) is 24.7 Å². The normalized spacial score (nSPS) is 22.4. The van der Waals surface area contributed by atoms with Gasteiger partial charge in [-0.25, -0.2) is 9.37 Å². The van der Waals surface area contributed by atoms with Crippen molar-refractivity contribution in [1.29, 1.82) is 0 Å². The van der Waals surface area contributed by atoms with Gasteiger partial charge in [-0.15, -0.1) is 0 Å². The van der Waals surface area contributed by atoms with E-state index in [1.165, 1.54) is 0 Å². The Kier molecular flexibility index (Phi) is 5.35. The maximum atomic E-state index is 14.3. The number of amidine groups is 1. The first-order chi connectivity index (χ1) is 17.1. The third-order valence-corrected chi connectivity index (χ3v) is 7.33. The van der Waals surface area contributed by atoms with Crippen LogP contribution in [-0.2, 0) is 17.0 Å². The predicted molar refractivity (Wildman–Crippen MR) is 133 cm³/mol. The van der Waals surface area contributed by atoms with Crippen molar-refractivity contribution < 1.29 is 14.0 Å². The van der Waals surface area contributed by atoms with Gasteiger partial charge >= 0.3 is 0 Å². The largest absolute Gasteiger partial charge is 0.495 e. The molecule has 6 rings (SSSR count). The molecule has 1 aliphatic carbocycles. The fourth-order valence-corrected chi connectivity index (χ4v) is 5.65. The number of aromatic nitrogens is 2. The minimum Gasteiger partial charge on any atom is -0.495 e. The fourth-order valence-electron chi connectivity index (χ4n) is 5.65. The van der Waals surface area contributed by atoms with E-state index in [1.807, 2.05) is 35.9 Å². The number of aryl methyl sites for hydroxylation is 2. The highest BCUT2D eigenvalue weighted by Crippen LogP contribution is 2.46. The zero-order chi connectivity index (χ0) is 24.0. The number of hydrogen-bond donors (Lipinski definition) is 0. The number of imidazole rings is 1. The zero-order valence-corrected chi connectivity index (χ0v) is 20.1. The van der Waals surface area contributed by atoms with Crippen LogP contribution in [0.3, 0.4) is 0 Å². The highest BCUT2D eigenvalue weighted by molar-refractivity contribution is 6.03. The van der Waals surface area contributed by atoms with E-state index in [1.54, 1.807) is 25.6 Å². The van der Waals surface area contributed by atoms with Crippen molar-refractivity contribution in [3.05, 3.63) is 82.7 Å². The van der Waals surface area contributed by atoms with E-state index in [0.29, 0.717) is 0 Å². The number of hydrogen-bond acceptors (Lipinski definition) is 5. The van der Waals surface area contributed by atoms with Crippen LogP contribution in [0, 0.1) is 12.7 Å². The molecular weight excluding hydrogens is 443 g/mol. The third kappa shape index (κ3) is 3.70. The van der Waals surface area contributed by atoms with Crippen LogP contribution in [0.1, 0.15) is 54.5 Å². The van der Waals surface area contributed by atoms with Crippen LogP contribution in [0.5, 0.6) is 5.75 Å². The molecular formula is C28H29FN4O2. The van der Waals surface area contributed by atoms with E-state index in [-0.39, 0.29) is 5.82 Å². The molecule has 0 amide bonds. The van der Waals surface area contributed by atoms with Gasteiger partial charge in [0.05, 0.1) is 24.8 Å². The number of ether oxygens (including phenoxy) is 1. The second kappa shape index (κ2) is 8.56. The van der Waals surface area contributed by atoms with Crippen molar-refractivity contribution in [2.75, 3.05) is 13.7 Å². The van der Waals surface area contributed by atoms with Crippen LogP contribution in [0.2, 0.25) is 0 Å². The number of benzene rings is 2. The molecule has 1 aromatic heterocycles. The van der Waals surface area contributed by atoms with Crippen molar-refractivity contribution in [3.63, 3.8) is 0 Å². The van der Waals surface area contributed by atoms with Crippen molar-refractivity contribution in [1.82, 2.24) is 14.5 Å². The Hall–Kier alpha value is -3.61. The molecule has 1 fully saturated rings. The molecule has 2 aromatic carbocycles. The number of fused-ring (bicyclic) bond motifs is 4. The van der Waals surface area contributed by atoms with E-state index in [2.05, 4.69) is 27.2 Å². The molecule has 7 heteroatoms. The number of halogens is 1. The summed E-state index contributed by atoms with van der Waals surface area (Å²) in [4.78, 5) is 12.9. The lowest BCUT2D eigenvalue weighted by Gasteiger charge is -2.40. The van der Waals surface area contributed by atoms with Crippen molar-refractivity contribution in [2.24, 2.45) is 5.16 Å². The summed E-state index contributed by atoms with van der Waals surface area (Å²) >= 11 is 0. The molecule has 0 saturated carbocycles. The zero-order valence-electron chi connectivity index (χ0n) is 20.1. The number of oxime groups is 1. The lowest BCUT2D eigenvalue weighted by molar-refractivity contribution is -0.113. The number of methoxy groups -OCH3 is 1. The summed E-state index contributed by atoms with van der Waals surface area (Å²) in [6.07, 6.45) is 11.7. The van der Waals surface area contributed by atoms with Gasteiger partial charge in [0.15, 0.2) is 5.84 Å². The lowest BCUT2D eigenvalue weighted by atomic mass is 9.90. The summed E-state index contributed by atoms with van der Waals surface area (Å²) in [6.45, 7) is 2.81. The van der Waals surface area contributed by atoms with Crippen LogP contribution in [0.4, 0.5) is 4.39 Å². The molecule has 1 saturated heterocycles. The molecule has 1 atom stereocenters. The smallest absolute Gasteiger partial charge is 0.237 e. The molecule has 3 heterocycles. The van der Waals surface area contributed by atoms with Crippen LogP contribution in [0.25, 0.3) is 11.8 Å². The van der Waals surface area contributed by atoms with Crippen molar-refractivity contribution >= 4 is 11.9 Å². The summed E-state index contributed by atoms with van der Waals surface area (Å²) in [6, 6.07) is 11.3. The van der Waals surface area contributed by atoms with Gasteiger partial charge in [0.25, 0.3) is 0 Å². The first-order valence-electron chi connectivity index (χ1n) is 12.3. The molecule has 1 spiro atoms. The molecule has 6 nitrogen and oxygen atoms in total. The molecule has 1 unspecified atom stereocenters. The maximum absolute atomic E-state index is 14.3. The first kappa shape index (κ1) is 21.9. The highest BCUT2D eigenvalue weighted by Gasteiger charge is 2.50. The minimum absolute atomic E-state index is 0.227. The summed E-state index contributed by atoms with van der Waals surface area (Å²) < 4.78 is 22.0. The van der Waals surface area contributed by atoms with Crippen LogP contribution in [0.15, 0.2) is 59.7 Å². The van der Waals surface area contributed by atoms with Gasteiger partial charge in [0.1, 0.15) is 11.6 Å². The molecule has 3 aromatic rings. The molecule has 0 radical (unpaired) electrons. The van der Waals surface area contributed by atoms with E-state index in [0.717, 1.165) is 90.3 Å². The lowest BCUT2D eigenvalue weighted by Crippen LogP contribution is -2.49. The summed E-state index contributed by atoms with van der Waals surface area (Å²) in [5, 5.41) is 4.60. The molecule has 2 aliphatic heterocycles. The Bertz CT molecular complexity index is 1340. The third-order valence-electron chi connectivity index (χ3n) is 7.33. The molecule has 0 bridgehead atoms. The fraction of sp³-hybridized carbons (Fsp3) is 0.357. The van der Waals surface area contributed by atoms with Gasteiger partial charge in [-0.3, -0.25) is 0 Å². The number of piperidine rings is 1. The molecule has 3 aliphatic rings. The summed E-state index contributed by atoms with van der Waals surface area (Å²) in [7, 11) is 1.68. The monoisotopic (exact) mass is 472 g/mol. The van der Waals surface area contributed by atoms with Crippen molar-refractivity contribution in [3.8, 4) is 11.4 Å². The van der Waals surface area contributed by atoms with E-state index in [4.69, 9.17) is 9.57 Å². The summed E-state index contributed by atoms with van der Waals surface area (Å²) in [5.74, 6) is 1.41. The minimum atomic E-state index is -0.719. The Morgan fingerprint density at radius 3 is 2.86 bits per heavy atom. The standard InChI is InChI=1S/C28H29FN4O2/c1-19-17-32(18-30-19)25-11-8-20(15-26(25)34-2)14-22-7-5-13-33-27(22)31-35-28(33)12-4-3-6-21-9-10-23(29)16-24(21)28/h8-11,14-18H,3-7,12-13H2,1-2H3/b22-14+. The van der Waals surface area contributed by atoms with Gasteiger partial charge in [-0.1, -0.05) is 17.3 Å². The van der Waals surface area contributed by atoms with Crippen molar-refractivity contribution in [2.45, 2.75) is 51.2 Å². The Balaban J connectivity index is 1.35. The van der Waals surface area contributed by atoms with Crippen LogP contribution < -0.4 is 4.74 Å². The van der Waals surface area contributed by atoms with Gasteiger partial charge < -0.3 is 19.0 Å². The predicted octanol–water partition coefficient (Wildman–Crippen LogP) is 5.73. The van der Waals surface area contributed by atoms with Gasteiger partial charge in [0.2, 0.25) is 5.72 Å². The second-order valence-electron chi connectivity index (χ2n) is 9.58. The van der Waals surface area contributed by atoms with E-state index < -0.39 is 5.72 Å². The SMILES string of the molecule is COc1cc(/C=C2\CCCN3C2=NOC32CCCCc3ccc(F)cc32)ccc1-n1cnc(C)c1. The van der Waals surface area contributed by atoms with Crippen LogP contribution in [-0.4, -0.2) is 33.9 Å². The highest BCUT2D eigenvalue weighted by atomic mass is 19.1. The van der Waals surface area contributed by atoms with Gasteiger partial charge in [-0.05, 0) is 86.1 Å². The van der Waals surface area contributed by atoms with Gasteiger partial charge in [-0.2, -0.15) is 0 Å². The summed E-state index contributed by atoms with van der Waals surface area (Å²) in [5.41, 5.74) is 5.43. The number of rotatable bonds is 3. The number of nitrogens with zero attached hydrogens (tertiary/aromatic N) is 4. The molecule has 0 N–H and O–H groups in total. The molecule has 35 heavy (non-hydrogen) atoms. The first-order valence-corrected chi connectivity index (χ1v) is 12.3. The molecule has 180 valence electrons. The average molecular weight is 473 g/mol. The van der Waals surface area contributed by atoms with E-state index in [9.17, 15) is 4.39 Å². The topological polar surface area (TPSA) is 51.9 Å². The second-order valence-corrected chi connectivity index (χ2v) is 9.58. The maximum Gasteiger partial charge on any atom is 0.237 e. The Morgan fingerprint density at radius 2 is 2.03 bits per heavy atom.